The van der Waals surface area contributed by atoms with Crippen molar-refractivity contribution in [3.63, 3.8) is 0 Å². The fourth-order valence-electron chi connectivity index (χ4n) is 11.8. The fraction of sp³-hybridized carbons (Fsp3) is 0.617. The van der Waals surface area contributed by atoms with Crippen molar-refractivity contribution in [2.24, 2.45) is 39.9 Å². The number of fused-ring (bicyclic) bond motifs is 5. The molecule has 56 heavy (non-hydrogen) atoms. The Bertz CT molecular complexity index is 1720. The van der Waals surface area contributed by atoms with Crippen LogP contribution in [0.15, 0.2) is 83.5 Å². The lowest BCUT2D eigenvalue weighted by atomic mass is 9.35. The minimum atomic E-state index is -1.04. The quantitative estimate of drug-likeness (QED) is 0.0641. The Kier molecular flexibility index (Phi) is 13.3. The molecule has 4 aliphatic rings. The van der Waals surface area contributed by atoms with Crippen molar-refractivity contribution in [1.29, 1.82) is 0 Å². The van der Waals surface area contributed by atoms with Crippen molar-refractivity contribution in [3.05, 3.63) is 94.6 Å². The maximum absolute atomic E-state index is 14.1. The summed E-state index contributed by atoms with van der Waals surface area (Å²) in [5, 5.41) is 24.8. The summed E-state index contributed by atoms with van der Waals surface area (Å²) in [6.07, 6.45) is 4.01. The molecule has 11 atom stereocenters. The van der Waals surface area contributed by atoms with Crippen LogP contribution in [0.4, 0.5) is 0 Å². The number of aliphatic hydroxyl groups is 2. The van der Waals surface area contributed by atoms with E-state index in [-0.39, 0.29) is 48.8 Å². The van der Waals surface area contributed by atoms with Gasteiger partial charge in [0, 0.05) is 17.9 Å². The summed E-state index contributed by atoms with van der Waals surface area (Å²) in [7, 11) is 0. The molecule has 9 nitrogen and oxygen atoms in total. The number of hydrogen-bond acceptors (Lipinski definition) is 9. The molecule has 2 N–H and O–H groups in total. The molecule has 4 fully saturated rings. The maximum Gasteiger partial charge on any atom is 0.336 e. The molecule has 2 aromatic carbocycles. The fourth-order valence-corrected chi connectivity index (χ4v) is 11.8. The third kappa shape index (κ3) is 8.17. The molecule has 0 spiro atoms. The SMILES string of the molecule is CC(=O)O[C@H]1C[C@@]2(C)[C@@H](CC[C@H]3[C@@]4(C)CC[C@@H](OCOCc5ccccc5)[C@@H](C)[C@@H]4[C@@H](O)[C@H](O)[C@@]32C)C1=C(CCC=C(C)C)C(=O)OCOCc1ccccc1. The Hall–Kier alpha value is -3.34. The molecule has 0 amide bonds. The smallest absolute Gasteiger partial charge is 0.336 e. The summed E-state index contributed by atoms with van der Waals surface area (Å²) in [5.74, 6) is -1.19. The van der Waals surface area contributed by atoms with Gasteiger partial charge in [-0.05, 0) is 110 Å². The number of hydrogen-bond donors (Lipinski definition) is 2. The van der Waals surface area contributed by atoms with Gasteiger partial charge in [0.1, 0.15) is 12.9 Å². The van der Waals surface area contributed by atoms with Gasteiger partial charge in [-0.1, -0.05) is 100 Å². The van der Waals surface area contributed by atoms with Gasteiger partial charge in [0.25, 0.3) is 0 Å². The molecule has 4 saturated carbocycles. The molecule has 2 aromatic rings. The molecule has 0 radical (unpaired) electrons. The Morgan fingerprint density at radius 2 is 1.48 bits per heavy atom. The first-order valence-corrected chi connectivity index (χ1v) is 20.6. The van der Waals surface area contributed by atoms with E-state index in [2.05, 4.69) is 33.8 Å². The summed E-state index contributed by atoms with van der Waals surface area (Å²) in [5.41, 5.74) is 2.89. The molecule has 0 saturated heterocycles. The monoisotopic (exact) mass is 772 g/mol. The minimum absolute atomic E-state index is 0.0119. The first-order valence-electron chi connectivity index (χ1n) is 20.6. The molecule has 0 heterocycles. The van der Waals surface area contributed by atoms with Crippen molar-refractivity contribution in [1.82, 2.24) is 0 Å². The Labute approximate surface area is 333 Å². The standard InChI is InChI=1S/C47H64O9/c1-30(2)15-14-20-35(44(51)55-29-53-27-34-18-12-9-13-19-34)40-36-21-22-39-45(5)24-23-37(54-28-52-26-33-16-10-8-11-17-33)31(3)41(45)42(49)43(50)47(39,7)46(36,6)25-38(40)56-32(4)48/h8-13,15-19,31,36-39,41-43,49-50H,14,20-29H2,1-7H3/t31-,36+,37-,38+,39+,41-,42-,43+,45-,46+,47-/m1/s1. The van der Waals surface area contributed by atoms with Gasteiger partial charge in [-0.15, -0.1) is 0 Å². The number of carbonyl (C=O) groups excluding carboxylic acids is 2. The van der Waals surface area contributed by atoms with E-state index in [1.807, 2.05) is 74.5 Å². The molecular weight excluding hydrogens is 709 g/mol. The summed E-state index contributed by atoms with van der Waals surface area (Å²) in [6.45, 7) is 15.0. The zero-order chi connectivity index (χ0) is 40.3. The van der Waals surface area contributed by atoms with Crippen molar-refractivity contribution in [2.45, 2.75) is 131 Å². The predicted octanol–water partition coefficient (Wildman–Crippen LogP) is 8.47. The molecule has 0 unspecified atom stereocenters. The largest absolute Gasteiger partial charge is 0.458 e. The van der Waals surface area contributed by atoms with Crippen LogP contribution in [0.1, 0.15) is 105 Å². The minimum Gasteiger partial charge on any atom is -0.458 e. The lowest BCUT2D eigenvalue weighted by molar-refractivity contribution is -0.289. The Morgan fingerprint density at radius 3 is 2.09 bits per heavy atom. The summed E-state index contributed by atoms with van der Waals surface area (Å²) in [4.78, 5) is 26.9. The summed E-state index contributed by atoms with van der Waals surface area (Å²) in [6, 6.07) is 19.7. The lowest BCUT2D eigenvalue weighted by Gasteiger charge is -2.70. The molecule has 4 aliphatic carbocycles. The summed E-state index contributed by atoms with van der Waals surface area (Å²) < 4.78 is 29.9. The molecule has 0 aliphatic heterocycles. The maximum atomic E-state index is 14.1. The predicted molar refractivity (Wildman–Crippen MR) is 213 cm³/mol. The topological polar surface area (TPSA) is 121 Å². The third-order valence-corrected chi connectivity index (χ3v) is 14.5. The van der Waals surface area contributed by atoms with Crippen LogP contribution in [0, 0.1) is 39.9 Å². The van der Waals surface area contributed by atoms with Crippen LogP contribution in [-0.4, -0.2) is 60.2 Å². The van der Waals surface area contributed by atoms with Gasteiger partial charge in [0.15, 0.2) is 6.79 Å². The van der Waals surface area contributed by atoms with Crippen molar-refractivity contribution >= 4 is 11.9 Å². The van der Waals surface area contributed by atoms with E-state index in [9.17, 15) is 19.8 Å². The van der Waals surface area contributed by atoms with E-state index < -0.39 is 41.1 Å². The number of aliphatic hydroxyl groups excluding tert-OH is 2. The van der Waals surface area contributed by atoms with Crippen LogP contribution in [0.5, 0.6) is 0 Å². The molecular formula is C47H64O9. The normalized spacial score (nSPS) is 35.7. The highest BCUT2D eigenvalue weighted by atomic mass is 16.7. The van der Waals surface area contributed by atoms with E-state index in [1.165, 1.54) is 6.92 Å². The highest BCUT2D eigenvalue weighted by Gasteiger charge is 2.73. The highest BCUT2D eigenvalue weighted by molar-refractivity contribution is 5.90. The Morgan fingerprint density at radius 1 is 0.857 bits per heavy atom. The highest BCUT2D eigenvalue weighted by Crippen LogP contribution is 2.74. The van der Waals surface area contributed by atoms with Crippen LogP contribution in [0.2, 0.25) is 0 Å². The van der Waals surface area contributed by atoms with E-state index in [4.69, 9.17) is 23.7 Å². The van der Waals surface area contributed by atoms with E-state index in [0.717, 1.165) is 48.0 Å². The average molecular weight is 773 g/mol. The van der Waals surface area contributed by atoms with Crippen molar-refractivity contribution in [3.8, 4) is 0 Å². The first kappa shape index (κ1) is 42.3. The number of rotatable bonds is 14. The first-order chi connectivity index (χ1) is 26.7. The second-order valence-corrected chi connectivity index (χ2v) is 17.8. The zero-order valence-corrected chi connectivity index (χ0v) is 34.5. The molecule has 6 rings (SSSR count). The Balaban J connectivity index is 1.27. The van der Waals surface area contributed by atoms with Gasteiger partial charge in [-0.3, -0.25) is 4.79 Å². The zero-order valence-electron chi connectivity index (χ0n) is 34.5. The van der Waals surface area contributed by atoms with E-state index in [0.29, 0.717) is 38.0 Å². The van der Waals surface area contributed by atoms with Crippen molar-refractivity contribution in [2.75, 3.05) is 13.6 Å². The number of ether oxygens (including phenoxy) is 5. The van der Waals surface area contributed by atoms with Crippen LogP contribution in [0.25, 0.3) is 0 Å². The van der Waals surface area contributed by atoms with Gasteiger partial charge in [-0.2, -0.15) is 0 Å². The summed E-state index contributed by atoms with van der Waals surface area (Å²) >= 11 is 0. The molecule has 306 valence electrons. The average Bonchev–Trinajstić information content (AvgIpc) is 3.45. The number of allylic oxidation sites excluding steroid dienone is 2. The van der Waals surface area contributed by atoms with Gasteiger partial charge in [0.05, 0.1) is 31.5 Å². The molecule has 0 bridgehead atoms. The van der Waals surface area contributed by atoms with Crippen LogP contribution in [-0.2, 0) is 46.5 Å². The second kappa shape index (κ2) is 17.7. The molecule has 9 heteroatoms. The van der Waals surface area contributed by atoms with Crippen molar-refractivity contribution < 1.29 is 43.5 Å². The van der Waals surface area contributed by atoms with Crippen LogP contribution >= 0.6 is 0 Å². The molecule has 0 aromatic heterocycles. The van der Waals surface area contributed by atoms with Gasteiger partial charge in [0.2, 0.25) is 0 Å². The lowest BCUT2D eigenvalue weighted by Crippen LogP contribution is -2.71. The van der Waals surface area contributed by atoms with Gasteiger partial charge >= 0.3 is 11.9 Å². The second-order valence-electron chi connectivity index (χ2n) is 17.8. The van der Waals surface area contributed by atoms with E-state index in [1.54, 1.807) is 0 Å². The van der Waals surface area contributed by atoms with Crippen LogP contribution in [0.3, 0.4) is 0 Å². The van der Waals surface area contributed by atoms with Gasteiger partial charge < -0.3 is 33.9 Å². The number of esters is 2. The third-order valence-electron chi connectivity index (χ3n) is 14.5. The van der Waals surface area contributed by atoms with Gasteiger partial charge in [-0.25, -0.2) is 4.79 Å². The number of benzene rings is 2. The van der Waals surface area contributed by atoms with E-state index >= 15 is 0 Å². The van der Waals surface area contributed by atoms with Crippen LogP contribution < -0.4 is 0 Å². The number of carbonyl (C=O) groups is 2.